The van der Waals surface area contributed by atoms with E-state index in [-0.39, 0.29) is 16.7 Å². The van der Waals surface area contributed by atoms with Crippen molar-refractivity contribution in [3.63, 3.8) is 0 Å². The molecule has 1 amide bonds. The fourth-order valence-electron chi connectivity index (χ4n) is 4.26. The van der Waals surface area contributed by atoms with Gasteiger partial charge in [0.05, 0.1) is 12.0 Å². The van der Waals surface area contributed by atoms with Crippen molar-refractivity contribution in [1.29, 1.82) is 0 Å². The lowest BCUT2D eigenvalue weighted by Gasteiger charge is -2.31. The van der Waals surface area contributed by atoms with Gasteiger partial charge in [-0.3, -0.25) is 4.79 Å². The molecule has 0 atom stereocenters. The molecule has 1 saturated carbocycles. The zero-order chi connectivity index (χ0) is 20.1. The molecule has 1 heterocycles. The molecule has 1 aromatic rings. The molecule has 2 fully saturated rings. The molecule has 0 unspecified atom stereocenters. The highest BCUT2D eigenvalue weighted by Crippen LogP contribution is 2.27. The highest BCUT2D eigenvalue weighted by atomic mass is 32.2. The van der Waals surface area contributed by atoms with Gasteiger partial charge in [0.25, 0.3) is 0 Å². The minimum Gasteiger partial charge on any atom is -0.496 e. The average Bonchev–Trinajstić information content (AvgIpc) is 2.96. The molecule has 1 aliphatic heterocycles. The Morgan fingerprint density at radius 1 is 1.07 bits per heavy atom. The number of carbonyl (C=O) groups is 1. The average molecular weight is 409 g/mol. The molecular formula is C21H32N2O4S. The number of benzene rings is 1. The molecule has 7 heteroatoms. The van der Waals surface area contributed by atoms with Crippen LogP contribution in [0.15, 0.2) is 23.1 Å². The van der Waals surface area contributed by atoms with Crippen molar-refractivity contribution < 1.29 is 17.9 Å². The molecule has 1 saturated heterocycles. The van der Waals surface area contributed by atoms with E-state index in [1.54, 1.807) is 25.3 Å². The molecule has 0 radical (unpaired) electrons. The minimum absolute atomic E-state index is 0.0905. The van der Waals surface area contributed by atoms with E-state index >= 15 is 0 Å². The van der Waals surface area contributed by atoms with E-state index in [2.05, 4.69) is 5.32 Å². The molecule has 1 aromatic carbocycles. The van der Waals surface area contributed by atoms with E-state index in [0.717, 1.165) is 18.4 Å². The first-order valence-electron chi connectivity index (χ1n) is 10.4. The normalized spacial score (nSPS) is 20.5. The molecular weight excluding hydrogens is 376 g/mol. The summed E-state index contributed by atoms with van der Waals surface area (Å²) in [6, 6.07) is 5.22. The van der Waals surface area contributed by atoms with E-state index in [4.69, 9.17) is 4.74 Å². The number of nitrogens with zero attached hydrogens (tertiary/aromatic N) is 1. The smallest absolute Gasteiger partial charge is 0.243 e. The van der Waals surface area contributed by atoms with Crippen LogP contribution in [0.2, 0.25) is 0 Å². The minimum atomic E-state index is -3.54. The molecule has 1 aliphatic carbocycles. The molecule has 3 rings (SSSR count). The maximum absolute atomic E-state index is 13.0. The van der Waals surface area contributed by atoms with Crippen LogP contribution in [0.4, 0.5) is 0 Å². The summed E-state index contributed by atoms with van der Waals surface area (Å²) < 4.78 is 32.6. The zero-order valence-electron chi connectivity index (χ0n) is 16.9. The molecule has 2 aliphatic rings. The molecule has 1 N–H and O–H groups in total. The van der Waals surface area contributed by atoms with Crippen LogP contribution in [0.1, 0.15) is 56.9 Å². The van der Waals surface area contributed by atoms with Crippen LogP contribution in [-0.4, -0.2) is 44.9 Å². The summed E-state index contributed by atoms with van der Waals surface area (Å²) in [5.41, 5.74) is 0.793. The van der Waals surface area contributed by atoms with Gasteiger partial charge in [0.2, 0.25) is 15.9 Å². The first-order chi connectivity index (χ1) is 13.4. The van der Waals surface area contributed by atoms with E-state index in [1.807, 2.05) is 6.92 Å². The first kappa shape index (κ1) is 21.1. The number of rotatable bonds is 5. The third-order valence-corrected chi connectivity index (χ3v) is 7.92. The lowest BCUT2D eigenvalue weighted by molar-refractivity contribution is -0.126. The van der Waals surface area contributed by atoms with Gasteiger partial charge in [0, 0.05) is 25.0 Å². The highest BCUT2D eigenvalue weighted by molar-refractivity contribution is 7.89. The van der Waals surface area contributed by atoms with Gasteiger partial charge in [-0.1, -0.05) is 25.7 Å². The molecule has 0 aromatic heterocycles. The Morgan fingerprint density at radius 3 is 2.29 bits per heavy atom. The summed E-state index contributed by atoms with van der Waals surface area (Å²) in [5.74, 6) is 0.685. The van der Waals surface area contributed by atoms with Crippen molar-refractivity contribution in [3.8, 4) is 5.75 Å². The highest BCUT2D eigenvalue weighted by Gasteiger charge is 2.33. The number of amides is 1. The van der Waals surface area contributed by atoms with Gasteiger partial charge in [-0.05, 0) is 56.4 Å². The van der Waals surface area contributed by atoms with Crippen molar-refractivity contribution in [3.05, 3.63) is 23.8 Å². The van der Waals surface area contributed by atoms with Crippen molar-refractivity contribution in [2.75, 3.05) is 20.2 Å². The topological polar surface area (TPSA) is 75.7 Å². The predicted molar refractivity (Wildman–Crippen MR) is 109 cm³/mol. The SMILES string of the molecule is COc1ccc(S(=O)(=O)N2CCC(C(=O)NC3CCCCCC3)CC2)cc1C. The van der Waals surface area contributed by atoms with Crippen LogP contribution in [0, 0.1) is 12.8 Å². The van der Waals surface area contributed by atoms with Gasteiger partial charge in [0.15, 0.2) is 0 Å². The maximum atomic E-state index is 13.0. The monoisotopic (exact) mass is 408 g/mol. The van der Waals surface area contributed by atoms with Crippen molar-refractivity contribution in [2.45, 2.75) is 69.2 Å². The first-order valence-corrected chi connectivity index (χ1v) is 11.8. The van der Waals surface area contributed by atoms with Crippen LogP contribution in [0.5, 0.6) is 5.75 Å². The van der Waals surface area contributed by atoms with Crippen LogP contribution >= 0.6 is 0 Å². The Kier molecular flexibility index (Phi) is 6.99. The van der Waals surface area contributed by atoms with E-state index in [9.17, 15) is 13.2 Å². The van der Waals surface area contributed by atoms with Crippen molar-refractivity contribution >= 4 is 15.9 Å². The Balaban J connectivity index is 1.58. The Labute approximate surface area is 168 Å². The number of nitrogens with one attached hydrogen (secondary N) is 1. The van der Waals surface area contributed by atoms with Crippen LogP contribution in [0.3, 0.4) is 0 Å². The number of hydrogen-bond acceptors (Lipinski definition) is 4. The second kappa shape index (κ2) is 9.27. The summed E-state index contributed by atoms with van der Waals surface area (Å²) in [5, 5.41) is 3.21. The fourth-order valence-corrected chi connectivity index (χ4v) is 5.82. The standard InChI is InChI=1S/C21H32N2O4S/c1-16-15-19(9-10-20(16)27-2)28(25,26)23-13-11-17(12-14-23)21(24)22-18-7-5-3-4-6-8-18/h9-10,15,17-18H,3-8,11-14H2,1-2H3,(H,22,24). The predicted octanol–water partition coefficient (Wildman–Crippen LogP) is 3.24. The second-order valence-corrected chi connectivity index (χ2v) is 9.94. The van der Waals surface area contributed by atoms with Gasteiger partial charge in [0.1, 0.15) is 5.75 Å². The molecule has 0 spiro atoms. The summed E-state index contributed by atoms with van der Waals surface area (Å²) in [6.07, 6.45) is 8.16. The summed E-state index contributed by atoms with van der Waals surface area (Å²) >= 11 is 0. The Morgan fingerprint density at radius 2 is 1.71 bits per heavy atom. The van der Waals surface area contributed by atoms with Gasteiger partial charge in [-0.2, -0.15) is 4.31 Å². The van der Waals surface area contributed by atoms with Gasteiger partial charge < -0.3 is 10.1 Å². The third-order valence-electron chi connectivity index (χ3n) is 6.03. The summed E-state index contributed by atoms with van der Waals surface area (Å²) in [4.78, 5) is 12.9. The maximum Gasteiger partial charge on any atom is 0.243 e. The Bertz CT molecular complexity index is 778. The van der Waals surface area contributed by atoms with E-state index in [1.165, 1.54) is 30.0 Å². The number of carbonyl (C=O) groups excluding carboxylic acids is 1. The molecule has 28 heavy (non-hydrogen) atoms. The number of aryl methyl sites for hydroxylation is 1. The number of methoxy groups -OCH3 is 1. The van der Waals surface area contributed by atoms with Crippen LogP contribution < -0.4 is 10.1 Å². The zero-order valence-corrected chi connectivity index (χ0v) is 17.8. The van der Waals surface area contributed by atoms with Crippen molar-refractivity contribution in [1.82, 2.24) is 9.62 Å². The largest absolute Gasteiger partial charge is 0.496 e. The third kappa shape index (κ3) is 4.87. The number of piperidine rings is 1. The van der Waals surface area contributed by atoms with Gasteiger partial charge in [-0.25, -0.2) is 8.42 Å². The Hall–Kier alpha value is -1.60. The van der Waals surface area contributed by atoms with Gasteiger partial charge >= 0.3 is 0 Å². The number of ether oxygens (including phenoxy) is 1. The van der Waals surface area contributed by atoms with E-state index < -0.39 is 10.0 Å². The van der Waals surface area contributed by atoms with Crippen LogP contribution in [-0.2, 0) is 14.8 Å². The fraction of sp³-hybridized carbons (Fsp3) is 0.667. The van der Waals surface area contributed by atoms with Gasteiger partial charge in [-0.15, -0.1) is 0 Å². The molecule has 156 valence electrons. The number of hydrogen-bond donors (Lipinski definition) is 1. The van der Waals surface area contributed by atoms with Crippen LogP contribution in [0.25, 0.3) is 0 Å². The second-order valence-electron chi connectivity index (χ2n) is 8.01. The lowest BCUT2D eigenvalue weighted by Crippen LogP contribution is -2.45. The summed E-state index contributed by atoms with van der Waals surface area (Å²) in [6.45, 7) is 2.61. The molecule has 6 nitrogen and oxygen atoms in total. The summed E-state index contributed by atoms with van der Waals surface area (Å²) in [7, 11) is -1.97. The van der Waals surface area contributed by atoms with Crippen molar-refractivity contribution in [2.24, 2.45) is 5.92 Å². The number of sulfonamides is 1. The lowest BCUT2D eigenvalue weighted by atomic mass is 9.96. The van der Waals surface area contributed by atoms with E-state index in [0.29, 0.717) is 37.7 Å². The quantitative estimate of drug-likeness (QED) is 0.759. The molecule has 0 bridgehead atoms.